The lowest BCUT2D eigenvalue weighted by molar-refractivity contribution is 0.123. The quantitative estimate of drug-likeness (QED) is 0.749. The molecule has 0 bridgehead atoms. The molecular weight excluding hydrogens is 342 g/mol. The second kappa shape index (κ2) is 7.70. The zero-order chi connectivity index (χ0) is 17.9. The van der Waals surface area contributed by atoms with Crippen LogP contribution in [0.5, 0.6) is 0 Å². The Balaban J connectivity index is 1.49. The lowest BCUT2D eigenvalue weighted by Gasteiger charge is -2.36. The molecule has 0 radical (unpaired) electrons. The lowest BCUT2D eigenvalue weighted by atomic mass is 10.2. The standard InChI is InChI=1S/C20H25N5S/c1-15(25-10-8-24(2)9-11-25)13-21-19-17-12-18(16-6-4-3-5-7-16)26-20(17)23-14-22-19/h3-7,12,14-15H,8-11,13H2,1-2H3,(H,21,22,23). The molecule has 0 spiro atoms. The number of thiophene rings is 1. The van der Waals surface area contributed by atoms with Crippen molar-refractivity contribution in [2.24, 2.45) is 0 Å². The summed E-state index contributed by atoms with van der Waals surface area (Å²) in [6.45, 7) is 7.75. The van der Waals surface area contributed by atoms with Crippen LogP contribution < -0.4 is 5.32 Å². The van der Waals surface area contributed by atoms with Crippen molar-refractivity contribution < 1.29 is 0 Å². The Bertz CT molecular complexity index is 855. The van der Waals surface area contributed by atoms with E-state index in [0.29, 0.717) is 6.04 Å². The fourth-order valence-corrected chi connectivity index (χ4v) is 4.38. The van der Waals surface area contributed by atoms with Gasteiger partial charge in [-0.2, -0.15) is 0 Å². The number of aromatic nitrogens is 2. The second-order valence-corrected chi connectivity index (χ2v) is 8.02. The molecule has 26 heavy (non-hydrogen) atoms. The third kappa shape index (κ3) is 3.72. The molecule has 1 fully saturated rings. The number of nitrogens with zero attached hydrogens (tertiary/aromatic N) is 4. The highest BCUT2D eigenvalue weighted by molar-refractivity contribution is 7.21. The van der Waals surface area contributed by atoms with Crippen molar-refractivity contribution in [3.63, 3.8) is 0 Å². The summed E-state index contributed by atoms with van der Waals surface area (Å²) in [5.41, 5.74) is 1.23. The number of piperazine rings is 1. The first-order chi connectivity index (χ1) is 12.7. The smallest absolute Gasteiger partial charge is 0.138 e. The average molecular weight is 368 g/mol. The Kier molecular flexibility index (Phi) is 5.15. The van der Waals surface area contributed by atoms with Crippen LogP contribution in [0.3, 0.4) is 0 Å². The summed E-state index contributed by atoms with van der Waals surface area (Å²) in [6.07, 6.45) is 1.66. The Morgan fingerprint density at radius 3 is 2.65 bits per heavy atom. The Morgan fingerprint density at radius 2 is 1.88 bits per heavy atom. The summed E-state index contributed by atoms with van der Waals surface area (Å²) in [5.74, 6) is 0.939. The Hall–Kier alpha value is -2.02. The van der Waals surface area contributed by atoms with Gasteiger partial charge in [0.05, 0.1) is 5.39 Å². The largest absolute Gasteiger partial charge is 0.368 e. The molecule has 4 rings (SSSR count). The van der Waals surface area contributed by atoms with Crippen molar-refractivity contribution in [3.05, 3.63) is 42.7 Å². The number of benzene rings is 1. The van der Waals surface area contributed by atoms with Crippen LogP contribution in [-0.2, 0) is 0 Å². The average Bonchev–Trinajstić information content (AvgIpc) is 3.12. The fourth-order valence-electron chi connectivity index (χ4n) is 3.38. The van der Waals surface area contributed by atoms with E-state index in [-0.39, 0.29) is 0 Å². The maximum Gasteiger partial charge on any atom is 0.138 e. The van der Waals surface area contributed by atoms with E-state index in [1.165, 1.54) is 10.4 Å². The summed E-state index contributed by atoms with van der Waals surface area (Å²) < 4.78 is 0. The first-order valence-electron chi connectivity index (χ1n) is 9.17. The molecule has 0 aliphatic carbocycles. The van der Waals surface area contributed by atoms with Crippen LogP contribution >= 0.6 is 11.3 Å². The Morgan fingerprint density at radius 1 is 1.12 bits per heavy atom. The van der Waals surface area contributed by atoms with Crippen LogP contribution in [-0.4, -0.2) is 65.6 Å². The monoisotopic (exact) mass is 367 g/mol. The van der Waals surface area contributed by atoms with Gasteiger partial charge in [-0.25, -0.2) is 9.97 Å². The molecule has 0 saturated carbocycles. The van der Waals surface area contributed by atoms with E-state index in [1.54, 1.807) is 17.7 Å². The molecule has 1 atom stereocenters. The van der Waals surface area contributed by atoms with Gasteiger partial charge in [-0.15, -0.1) is 11.3 Å². The van der Waals surface area contributed by atoms with Crippen LogP contribution in [0.4, 0.5) is 5.82 Å². The number of anilines is 1. The number of fused-ring (bicyclic) bond motifs is 1. The molecule has 1 aromatic carbocycles. The fraction of sp³-hybridized carbons (Fsp3) is 0.400. The third-order valence-corrected chi connectivity index (χ3v) is 6.21. The normalized spacial score (nSPS) is 17.5. The molecule has 0 amide bonds. The minimum absolute atomic E-state index is 0.487. The van der Waals surface area contributed by atoms with Gasteiger partial charge in [-0.05, 0) is 25.6 Å². The van der Waals surface area contributed by atoms with E-state index >= 15 is 0 Å². The van der Waals surface area contributed by atoms with Crippen LogP contribution in [0.25, 0.3) is 20.7 Å². The van der Waals surface area contributed by atoms with Gasteiger partial charge in [0.2, 0.25) is 0 Å². The molecule has 1 aliphatic rings. The molecule has 3 heterocycles. The molecular formula is C20H25N5S. The SMILES string of the molecule is CC(CNc1ncnc2sc(-c3ccccc3)cc12)N1CCN(C)CC1. The summed E-state index contributed by atoms with van der Waals surface area (Å²) in [4.78, 5) is 16.2. The predicted molar refractivity (Wildman–Crippen MR) is 110 cm³/mol. The van der Waals surface area contributed by atoms with Crippen LogP contribution in [0, 0.1) is 0 Å². The van der Waals surface area contributed by atoms with Crippen LogP contribution in [0.2, 0.25) is 0 Å². The molecule has 1 unspecified atom stereocenters. The third-order valence-electron chi connectivity index (χ3n) is 5.11. The van der Waals surface area contributed by atoms with Crippen molar-refractivity contribution in [1.29, 1.82) is 0 Å². The minimum atomic E-state index is 0.487. The molecule has 1 aliphatic heterocycles. The van der Waals surface area contributed by atoms with Crippen LogP contribution in [0.15, 0.2) is 42.7 Å². The molecule has 1 N–H and O–H groups in total. The van der Waals surface area contributed by atoms with E-state index in [1.807, 2.05) is 6.07 Å². The number of hydrogen-bond acceptors (Lipinski definition) is 6. The highest BCUT2D eigenvalue weighted by Crippen LogP contribution is 2.34. The van der Waals surface area contributed by atoms with Crippen molar-refractivity contribution in [2.75, 3.05) is 45.1 Å². The summed E-state index contributed by atoms with van der Waals surface area (Å²) >= 11 is 1.72. The van der Waals surface area contributed by atoms with Gasteiger partial charge in [0.15, 0.2) is 0 Å². The highest BCUT2D eigenvalue weighted by Gasteiger charge is 2.19. The van der Waals surface area contributed by atoms with E-state index in [0.717, 1.165) is 48.8 Å². The summed E-state index contributed by atoms with van der Waals surface area (Å²) in [5, 5.41) is 4.67. The minimum Gasteiger partial charge on any atom is -0.368 e. The number of nitrogens with one attached hydrogen (secondary N) is 1. The van der Waals surface area contributed by atoms with Crippen molar-refractivity contribution >= 4 is 27.4 Å². The van der Waals surface area contributed by atoms with E-state index < -0.39 is 0 Å². The van der Waals surface area contributed by atoms with E-state index in [2.05, 4.69) is 69.4 Å². The summed E-state index contributed by atoms with van der Waals surface area (Å²) in [7, 11) is 2.19. The topological polar surface area (TPSA) is 44.3 Å². The lowest BCUT2D eigenvalue weighted by Crippen LogP contribution is -2.49. The predicted octanol–water partition coefficient (Wildman–Crippen LogP) is 3.41. The van der Waals surface area contributed by atoms with Gasteiger partial charge in [0.1, 0.15) is 17.0 Å². The molecule has 3 aromatic rings. The highest BCUT2D eigenvalue weighted by atomic mass is 32.1. The van der Waals surface area contributed by atoms with Gasteiger partial charge < -0.3 is 10.2 Å². The Labute approximate surface area is 158 Å². The second-order valence-electron chi connectivity index (χ2n) is 6.99. The first-order valence-corrected chi connectivity index (χ1v) is 9.99. The van der Waals surface area contributed by atoms with Crippen LogP contribution in [0.1, 0.15) is 6.92 Å². The zero-order valence-corrected chi connectivity index (χ0v) is 16.2. The van der Waals surface area contributed by atoms with Gasteiger partial charge in [-0.3, -0.25) is 4.90 Å². The molecule has 136 valence electrons. The summed E-state index contributed by atoms with van der Waals surface area (Å²) in [6, 6.07) is 13.2. The molecule has 2 aromatic heterocycles. The molecule has 6 heteroatoms. The van der Waals surface area contributed by atoms with Gasteiger partial charge in [-0.1, -0.05) is 30.3 Å². The zero-order valence-electron chi connectivity index (χ0n) is 15.4. The van der Waals surface area contributed by atoms with Gasteiger partial charge in [0.25, 0.3) is 0 Å². The van der Waals surface area contributed by atoms with E-state index in [9.17, 15) is 0 Å². The van der Waals surface area contributed by atoms with Gasteiger partial charge in [0, 0.05) is 43.6 Å². The van der Waals surface area contributed by atoms with Crippen molar-refractivity contribution in [1.82, 2.24) is 19.8 Å². The number of likely N-dealkylation sites (N-methyl/N-ethyl adjacent to an activating group) is 1. The molecule has 5 nitrogen and oxygen atoms in total. The number of rotatable bonds is 5. The first kappa shape index (κ1) is 17.4. The molecule has 1 saturated heterocycles. The van der Waals surface area contributed by atoms with Gasteiger partial charge >= 0.3 is 0 Å². The number of hydrogen-bond donors (Lipinski definition) is 1. The van der Waals surface area contributed by atoms with Crippen molar-refractivity contribution in [2.45, 2.75) is 13.0 Å². The maximum atomic E-state index is 4.50. The maximum absolute atomic E-state index is 4.50. The van der Waals surface area contributed by atoms with Crippen molar-refractivity contribution in [3.8, 4) is 10.4 Å². The van der Waals surface area contributed by atoms with E-state index in [4.69, 9.17) is 0 Å².